The second-order valence-electron chi connectivity index (χ2n) is 7.20. The molecular weight excluding hydrogens is 352 g/mol. The molecule has 0 spiro atoms. The third kappa shape index (κ3) is 4.31. The summed E-state index contributed by atoms with van der Waals surface area (Å²) in [5.74, 6) is 1.69. The molecule has 1 fully saturated rings. The molecule has 0 radical (unpaired) electrons. The van der Waals surface area contributed by atoms with Gasteiger partial charge in [0.05, 0.1) is 5.69 Å². The Bertz CT molecular complexity index is 970. The maximum absolute atomic E-state index is 12.2. The fourth-order valence-electron chi connectivity index (χ4n) is 3.67. The molecule has 3 aromatic heterocycles. The summed E-state index contributed by atoms with van der Waals surface area (Å²) in [4.78, 5) is 35.1. The van der Waals surface area contributed by atoms with Crippen molar-refractivity contribution in [1.82, 2.24) is 29.8 Å². The summed E-state index contributed by atoms with van der Waals surface area (Å²) >= 11 is 0. The highest BCUT2D eigenvalue weighted by Crippen LogP contribution is 2.26. The van der Waals surface area contributed by atoms with Crippen molar-refractivity contribution in [3.05, 3.63) is 70.4 Å². The lowest BCUT2D eigenvalue weighted by Crippen LogP contribution is -2.34. The van der Waals surface area contributed by atoms with Gasteiger partial charge in [-0.15, -0.1) is 0 Å². The van der Waals surface area contributed by atoms with Crippen LogP contribution < -0.4 is 5.56 Å². The van der Waals surface area contributed by atoms with Gasteiger partial charge in [0.1, 0.15) is 11.6 Å². The highest BCUT2D eigenvalue weighted by molar-refractivity contribution is 5.52. The zero-order valence-corrected chi connectivity index (χ0v) is 16.0. The van der Waals surface area contributed by atoms with E-state index in [1.165, 1.54) is 0 Å². The summed E-state index contributed by atoms with van der Waals surface area (Å²) in [6.07, 6.45) is 10.2. The van der Waals surface area contributed by atoms with E-state index in [2.05, 4.69) is 31.8 Å². The zero-order valence-electron chi connectivity index (χ0n) is 16.0. The molecule has 0 aromatic carbocycles. The fraction of sp³-hybridized carbons (Fsp3) is 0.381. The van der Waals surface area contributed by atoms with E-state index in [1.807, 2.05) is 24.5 Å². The highest BCUT2D eigenvalue weighted by atomic mass is 16.1. The molecule has 0 amide bonds. The molecule has 4 heterocycles. The normalized spacial score (nSPS) is 17.5. The number of likely N-dealkylation sites (tertiary alicyclic amines) is 1. The molecule has 1 aliphatic heterocycles. The fourth-order valence-corrected chi connectivity index (χ4v) is 3.67. The van der Waals surface area contributed by atoms with Gasteiger partial charge >= 0.3 is 0 Å². The predicted molar refractivity (Wildman–Crippen MR) is 107 cm³/mol. The second kappa shape index (κ2) is 8.39. The van der Waals surface area contributed by atoms with Crippen LogP contribution in [0.15, 0.2) is 47.8 Å². The molecular formula is C21H24N6O. The van der Waals surface area contributed by atoms with Crippen molar-refractivity contribution in [2.45, 2.75) is 38.6 Å². The van der Waals surface area contributed by atoms with Gasteiger partial charge < -0.3 is 4.98 Å². The number of piperidine rings is 1. The second-order valence-corrected chi connectivity index (χ2v) is 7.20. The molecule has 144 valence electrons. The van der Waals surface area contributed by atoms with Crippen molar-refractivity contribution in [3.63, 3.8) is 0 Å². The Hall–Kier alpha value is -2.93. The van der Waals surface area contributed by atoms with Crippen LogP contribution in [0, 0.1) is 0 Å². The first kappa shape index (κ1) is 18.4. The first-order valence-electron chi connectivity index (χ1n) is 9.75. The summed E-state index contributed by atoms with van der Waals surface area (Å²) in [6, 6.07) is 5.38. The van der Waals surface area contributed by atoms with Crippen LogP contribution in [0.1, 0.15) is 42.8 Å². The first-order valence-corrected chi connectivity index (χ1v) is 9.75. The Kier molecular flexibility index (Phi) is 5.53. The number of hydrogen-bond donors (Lipinski definition) is 1. The van der Waals surface area contributed by atoms with Crippen LogP contribution in [0.5, 0.6) is 0 Å². The molecule has 3 aromatic rings. The number of pyridine rings is 1. The number of aromatic amines is 1. The van der Waals surface area contributed by atoms with Gasteiger partial charge in [-0.3, -0.25) is 14.7 Å². The van der Waals surface area contributed by atoms with Crippen LogP contribution in [0.25, 0.3) is 11.4 Å². The molecule has 7 heteroatoms. The SMILES string of the molecule is CCc1ncc(CN2CCCC(c3cc(=O)[nH]c(-c4cccnc4)n3)C2)cn1. The standard InChI is InChI=1S/C21H24N6O/c1-2-19-23-10-15(11-24-19)13-27-8-4-6-17(14-27)18-9-20(28)26-21(25-18)16-5-3-7-22-12-16/h3,5,7,9-12,17H,2,4,6,8,13-14H2,1H3,(H,25,26,28). The molecule has 1 atom stereocenters. The molecule has 0 bridgehead atoms. The number of rotatable bonds is 5. The average molecular weight is 376 g/mol. The Morgan fingerprint density at radius 1 is 1.25 bits per heavy atom. The molecule has 28 heavy (non-hydrogen) atoms. The predicted octanol–water partition coefficient (Wildman–Crippen LogP) is 2.56. The maximum Gasteiger partial charge on any atom is 0.251 e. The number of nitrogens with one attached hydrogen (secondary N) is 1. The van der Waals surface area contributed by atoms with Crippen molar-refractivity contribution >= 4 is 0 Å². The van der Waals surface area contributed by atoms with Gasteiger partial charge in [0, 0.05) is 67.4 Å². The Morgan fingerprint density at radius 3 is 2.86 bits per heavy atom. The Morgan fingerprint density at radius 2 is 2.11 bits per heavy atom. The number of aromatic nitrogens is 5. The highest BCUT2D eigenvalue weighted by Gasteiger charge is 2.23. The topological polar surface area (TPSA) is 87.7 Å². The molecule has 1 aliphatic rings. The van der Waals surface area contributed by atoms with Crippen LogP contribution in [0.4, 0.5) is 0 Å². The van der Waals surface area contributed by atoms with Crippen LogP contribution >= 0.6 is 0 Å². The quantitative estimate of drug-likeness (QED) is 0.736. The van der Waals surface area contributed by atoms with Gasteiger partial charge in [-0.2, -0.15) is 0 Å². The summed E-state index contributed by atoms with van der Waals surface area (Å²) < 4.78 is 0. The molecule has 1 unspecified atom stereocenters. The van der Waals surface area contributed by atoms with E-state index in [9.17, 15) is 4.79 Å². The van der Waals surface area contributed by atoms with E-state index in [4.69, 9.17) is 4.98 Å². The Balaban J connectivity index is 1.51. The van der Waals surface area contributed by atoms with Crippen LogP contribution in [-0.4, -0.2) is 42.9 Å². The van der Waals surface area contributed by atoms with Crippen molar-refractivity contribution in [3.8, 4) is 11.4 Å². The molecule has 4 rings (SSSR count). The number of nitrogens with zero attached hydrogens (tertiary/aromatic N) is 5. The molecule has 7 nitrogen and oxygen atoms in total. The summed E-state index contributed by atoms with van der Waals surface area (Å²) in [5, 5.41) is 0. The van der Waals surface area contributed by atoms with Crippen LogP contribution in [0.2, 0.25) is 0 Å². The number of H-pyrrole nitrogens is 1. The van der Waals surface area contributed by atoms with E-state index in [1.54, 1.807) is 18.5 Å². The zero-order chi connectivity index (χ0) is 19.3. The van der Waals surface area contributed by atoms with E-state index in [0.717, 1.165) is 61.5 Å². The van der Waals surface area contributed by atoms with Gasteiger partial charge in [-0.1, -0.05) is 6.92 Å². The minimum Gasteiger partial charge on any atom is -0.306 e. The van der Waals surface area contributed by atoms with E-state index in [-0.39, 0.29) is 11.5 Å². The minimum atomic E-state index is -0.121. The monoisotopic (exact) mass is 376 g/mol. The Labute approximate surface area is 163 Å². The third-order valence-corrected chi connectivity index (χ3v) is 5.10. The summed E-state index contributed by atoms with van der Waals surface area (Å²) in [6.45, 7) is 4.78. The van der Waals surface area contributed by atoms with Crippen molar-refractivity contribution < 1.29 is 0 Å². The maximum atomic E-state index is 12.2. The summed E-state index contributed by atoms with van der Waals surface area (Å²) in [5.41, 5.74) is 2.67. The summed E-state index contributed by atoms with van der Waals surface area (Å²) in [7, 11) is 0. The molecule has 0 saturated carbocycles. The van der Waals surface area contributed by atoms with Crippen LogP contribution in [-0.2, 0) is 13.0 Å². The van der Waals surface area contributed by atoms with Gasteiger partial charge in [-0.05, 0) is 31.5 Å². The lowest BCUT2D eigenvalue weighted by Gasteiger charge is -2.32. The van der Waals surface area contributed by atoms with Gasteiger partial charge in [0.25, 0.3) is 5.56 Å². The minimum absolute atomic E-state index is 0.121. The number of aryl methyl sites for hydroxylation is 1. The molecule has 1 saturated heterocycles. The largest absolute Gasteiger partial charge is 0.306 e. The lowest BCUT2D eigenvalue weighted by atomic mass is 9.94. The first-order chi connectivity index (χ1) is 13.7. The third-order valence-electron chi connectivity index (χ3n) is 5.10. The van der Waals surface area contributed by atoms with E-state index < -0.39 is 0 Å². The van der Waals surface area contributed by atoms with Crippen molar-refractivity contribution in [1.29, 1.82) is 0 Å². The van der Waals surface area contributed by atoms with E-state index >= 15 is 0 Å². The van der Waals surface area contributed by atoms with E-state index in [0.29, 0.717) is 5.82 Å². The van der Waals surface area contributed by atoms with Gasteiger partial charge in [-0.25, -0.2) is 15.0 Å². The van der Waals surface area contributed by atoms with Gasteiger partial charge in [0.15, 0.2) is 0 Å². The van der Waals surface area contributed by atoms with Crippen LogP contribution in [0.3, 0.4) is 0 Å². The lowest BCUT2D eigenvalue weighted by molar-refractivity contribution is 0.198. The average Bonchev–Trinajstić information content (AvgIpc) is 2.75. The molecule has 1 N–H and O–H groups in total. The van der Waals surface area contributed by atoms with Crippen molar-refractivity contribution in [2.24, 2.45) is 0 Å². The molecule has 0 aliphatic carbocycles. The van der Waals surface area contributed by atoms with Gasteiger partial charge in [0.2, 0.25) is 0 Å². The smallest absolute Gasteiger partial charge is 0.251 e. The number of hydrogen-bond acceptors (Lipinski definition) is 6. The van der Waals surface area contributed by atoms with Crippen molar-refractivity contribution in [2.75, 3.05) is 13.1 Å².